The molecule has 1 saturated heterocycles. The molecule has 2 fully saturated rings. The molecular formula is C19H20ClN3O2S. The minimum absolute atomic E-state index is 0.0219. The van der Waals surface area contributed by atoms with Crippen molar-refractivity contribution in [2.75, 3.05) is 26.2 Å². The standard InChI is InChI=1S/C19H20ClN3O2S/c20-15-4-2-1-3-14(15)11-17(24)22-7-9-23(10-8-22)19(25)16-12-26-18(21-16)13-5-6-13/h1-4,12-13H,5-11H2. The van der Waals surface area contributed by atoms with E-state index in [1.807, 2.05) is 28.5 Å². The maximum atomic E-state index is 12.6. The van der Waals surface area contributed by atoms with E-state index in [1.165, 1.54) is 12.8 Å². The third-order valence-corrected chi connectivity index (χ3v) is 6.26. The lowest BCUT2D eigenvalue weighted by Crippen LogP contribution is -2.51. The zero-order valence-electron chi connectivity index (χ0n) is 14.4. The molecule has 0 unspecified atom stereocenters. The smallest absolute Gasteiger partial charge is 0.273 e. The normalized spacial score (nSPS) is 17.4. The van der Waals surface area contributed by atoms with Crippen molar-refractivity contribution in [3.63, 3.8) is 0 Å². The van der Waals surface area contributed by atoms with Crippen molar-refractivity contribution in [1.82, 2.24) is 14.8 Å². The molecule has 1 aromatic carbocycles. The van der Waals surface area contributed by atoms with Gasteiger partial charge in [0.15, 0.2) is 0 Å². The number of aromatic nitrogens is 1. The van der Waals surface area contributed by atoms with Crippen molar-refractivity contribution in [2.24, 2.45) is 0 Å². The van der Waals surface area contributed by atoms with E-state index < -0.39 is 0 Å². The van der Waals surface area contributed by atoms with Gasteiger partial charge in [-0.2, -0.15) is 0 Å². The summed E-state index contributed by atoms with van der Waals surface area (Å²) < 4.78 is 0. The predicted octanol–water partition coefficient (Wildman–Crippen LogP) is 3.20. The number of rotatable bonds is 4. The van der Waals surface area contributed by atoms with Gasteiger partial charge in [0.05, 0.1) is 11.4 Å². The first-order valence-electron chi connectivity index (χ1n) is 8.87. The molecule has 0 atom stereocenters. The summed E-state index contributed by atoms with van der Waals surface area (Å²) in [7, 11) is 0. The highest BCUT2D eigenvalue weighted by Gasteiger charge is 2.30. The van der Waals surface area contributed by atoms with Crippen LogP contribution in [0.5, 0.6) is 0 Å². The fourth-order valence-electron chi connectivity index (χ4n) is 3.14. The van der Waals surface area contributed by atoms with Crippen molar-refractivity contribution in [3.05, 3.63) is 50.9 Å². The number of carbonyl (C=O) groups excluding carboxylic acids is 2. The molecule has 0 radical (unpaired) electrons. The van der Waals surface area contributed by atoms with Crippen LogP contribution in [0.1, 0.15) is 39.8 Å². The highest BCUT2D eigenvalue weighted by Crippen LogP contribution is 2.41. The quantitative estimate of drug-likeness (QED) is 0.806. The summed E-state index contributed by atoms with van der Waals surface area (Å²) in [5.41, 5.74) is 1.39. The summed E-state index contributed by atoms with van der Waals surface area (Å²) in [5.74, 6) is 0.599. The van der Waals surface area contributed by atoms with E-state index in [2.05, 4.69) is 4.98 Å². The number of hydrogen-bond donors (Lipinski definition) is 0. The topological polar surface area (TPSA) is 53.5 Å². The van der Waals surface area contributed by atoms with Gasteiger partial charge >= 0.3 is 0 Å². The molecule has 2 heterocycles. The SMILES string of the molecule is O=C(Cc1ccccc1Cl)N1CCN(C(=O)c2csc(C3CC3)n2)CC1. The van der Waals surface area contributed by atoms with E-state index in [1.54, 1.807) is 22.3 Å². The van der Waals surface area contributed by atoms with Gasteiger partial charge in [-0.05, 0) is 24.5 Å². The molecule has 0 spiro atoms. The van der Waals surface area contributed by atoms with Crippen LogP contribution < -0.4 is 0 Å². The second-order valence-corrected chi connectivity index (χ2v) is 8.08. The van der Waals surface area contributed by atoms with Crippen molar-refractivity contribution in [1.29, 1.82) is 0 Å². The molecule has 4 rings (SSSR count). The summed E-state index contributed by atoms with van der Waals surface area (Å²) in [5, 5.41) is 3.57. The number of amides is 2. The van der Waals surface area contributed by atoms with Crippen LogP contribution in [0.15, 0.2) is 29.6 Å². The molecule has 0 bridgehead atoms. The van der Waals surface area contributed by atoms with Gasteiger partial charge in [-0.1, -0.05) is 29.8 Å². The van der Waals surface area contributed by atoms with Gasteiger partial charge in [0.25, 0.3) is 5.91 Å². The molecule has 7 heteroatoms. The fourth-order valence-corrected chi connectivity index (χ4v) is 4.31. The number of benzene rings is 1. The Hall–Kier alpha value is -1.92. The summed E-state index contributed by atoms with van der Waals surface area (Å²) in [6.07, 6.45) is 2.67. The van der Waals surface area contributed by atoms with Gasteiger partial charge in [0.2, 0.25) is 5.91 Å². The first-order valence-corrected chi connectivity index (χ1v) is 10.1. The monoisotopic (exact) mass is 389 g/mol. The van der Waals surface area contributed by atoms with Crippen molar-refractivity contribution < 1.29 is 9.59 Å². The average Bonchev–Trinajstić information content (AvgIpc) is 3.40. The molecule has 136 valence electrons. The highest BCUT2D eigenvalue weighted by atomic mass is 35.5. The van der Waals surface area contributed by atoms with Crippen molar-refractivity contribution in [2.45, 2.75) is 25.2 Å². The maximum absolute atomic E-state index is 12.6. The van der Waals surface area contributed by atoms with Crippen LogP contribution in [-0.4, -0.2) is 52.8 Å². The Kier molecular flexibility index (Phi) is 4.96. The van der Waals surface area contributed by atoms with E-state index in [9.17, 15) is 9.59 Å². The summed E-state index contributed by atoms with van der Waals surface area (Å²) in [4.78, 5) is 33.2. The predicted molar refractivity (Wildman–Crippen MR) is 102 cm³/mol. The molecule has 1 aromatic heterocycles. The molecule has 1 aliphatic heterocycles. The lowest BCUT2D eigenvalue weighted by atomic mass is 10.1. The van der Waals surface area contributed by atoms with Gasteiger partial charge in [-0.3, -0.25) is 9.59 Å². The lowest BCUT2D eigenvalue weighted by Gasteiger charge is -2.34. The lowest BCUT2D eigenvalue weighted by molar-refractivity contribution is -0.131. The van der Waals surface area contributed by atoms with Crippen molar-refractivity contribution in [3.8, 4) is 0 Å². The highest BCUT2D eigenvalue weighted by molar-refractivity contribution is 7.10. The molecule has 1 aliphatic carbocycles. The Balaban J connectivity index is 1.32. The van der Waals surface area contributed by atoms with Gasteiger partial charge < -0.3 is 9.80 Å². The largest absolute Gasteiger partial charge is 0.339 e. The Morgan fingerprint density at radius 1 is 1.12 bits per heavy atom. The third kappa shape index (κ3) is 3.76. The first kappa shape index (κ1) is 17.5. The van der Waals surface area contributed by atoms with E-state index in [-0.39, 0.29) is 11.8 Å². The molecule has 0 N–H and O–H groups in total. The van der Waals surface area contributed by atoms with Crippen LogP contribution in [0.25, 0.3) is 0 Å². The van der Waals surface area contributed by atoms with Gasteiger partial charge in [0.1, 0.15) is 5.69 Å². The molecule has 5 nitrogen and oxygen atoms in total. The second-order valence-electron chi connectivity index (χ2n) is 6.79. The molecular weight excluding hydrogens is 370 g/mol. The van der Waals surface area contributed by atoms with E-state index in [0.717, 1.165) is 10.6 Å². The van der Waals surface area contributed by atoms with Crippen LogP contribution in [-0.2, 0) is 11.2 Å². The minimum atomic E-state index is -0.0219. The summed E-state index contributed by atoms with van der Waals surface area (Å²) in [6.45, 7) is 2.19. The molecule has 26 heavy (non-hydrogen) atoms. The Labute approximate surface area is 161 Å². The number of carbonyl (C=O) groups is 2. The summed E-state index contributed by atoms with van der Waals surface area (Å²) in [6, 6.07) is 7.41. The summed E-state index contributed by atoms with van der Waals surface area (Å²) >= 11 is 7.72. The Bertz CT molecular complexity index is 826. The Morgan fingerprint density at radius 2 is 1.81 bits per heavy atom. The zero-order valence-corrected chi connectivity index (χ0v) is 15.9. The fraction of sp³-hybridized carbons (Fsp3) is 0.421. The maximum Gasteiger partial charge on any atom is 0.273 e. The van der Waals surface area contributed by atoms with Crippen LogP contribution >= 0.6 is 22.9 Å². The van der Waals surface area contributed by atoms with Gasteiger partial charge in [-0.15, -0.1) is 11.3 Å². The van der Waals surface area contributed by atoms with Crippen LogP contribution in [0.2, 0.25) is 5.02 Å². The second kappa shape index (κ2) is 7.37. The van der Waals surface area contributed by atoms with Crippen LogP contribution in [0, 0.1) is 0 Å². The molecule has 2 amide bonds. The average molecular weight is 390 g/mol. The Morgan fingerprint density at radius 3 is 2.50 bits per heavy atom. The van der Waals surface area contributed by atoms with E-state index in [0.29, 0.717) is 49.2 Å². The van der Waals surface area contributed by atoms with Crippen molar-refractivity contribution >= 4 is 34.8 Å². The van der Waals surface area contributed by atoms with E-state index in [4.69, 9.17) is 11.6 Å². The van der Waals surface area contributed by atoms with E-state index >= 15 is 0 Å². The van der Waals surface area contributed by atoms with Gasteiger partial charge in [-0.25, -0.2) is 4.98 Å². The number of halogens is 1. The number of piperazine rings is 1. The number of hydrogen-bond acceptors (Lipinski definition) is 4. The zero-order chi connectivity index (χ0) is 18.1. The third-order valence-electron chi connectivity index (χ3n) is 4.89. The number of nitrogens with zero attached hydrogens (tertiary/aromatic N) is 3. The van der Waals surface area contributed by atoms with Gasteiger partial charge in [0, 0.05) is 42.5 Å². The molecule has 2 aromatic rings. The number of thiazole rings is 1. The molecule has 1 saturated carbocycles. The van der Waals surface area contributed by atoms with Crippen LogP contribution in [0.4, 0.5) is 0 Å². The first-order chi connectivity index (χ1) is 12.6. The van der Waals surface area contributed by atoms with Crippen LogP contribution in [0.3, 0.4) is 0 Å². The molecule has 2 aliphatic rings. The minimum Gasteiger partial charge on any atom is -0.339 e.